The first-order chi connectivity index (χ1) is 13.6. The molecule has 0 radical (unpaired) electrons. The summed E-state index contributed by atoms with van der Waals surface area (Å²) in [5.41, 5.74) is 1.75. The van der Waals surface area contributed by atoms with Gasteiger partial charge in [0.1, 0.15) is 12.3 Å². The summed E-state index contributed by atoms with van der Waals surface area (Å²) >= 11 is 1.81. The van der Waals surface area contributed by atoms with Gasteiger partial charge in [-0.1, -0.05) is 31.2 Å². The molecule has 0 spiro atoms. The minimum absolute atomic E-state index is 0.0447. The number of benzene rings is 2. The second-order valence-electron chi connectivity index (χ2n) is 6.61. The van der Waals surface area contributed by atoms with Gasteiger partial charge >= 0.3 is 0 Å². The predicted molar refractivity (Wildman–Crippen MR) is 109 cm³/mol. The highest BCUT2D eigenvalue weighted by Gasteiger charge is 2.24. The molecular weight excluding hydrogens is 374 g/mol. The summed E-state index contributed by atoms with van der Waals surface area (Å²) in [4.78, 5) is 17.3. The van der Waals surface area contributed by atoms with E-state index in [9.17, 15) is 4.79 Å². The molecule has 28 heavy (non-hydrogen) atoms. The zero-order chi connectivity index (χ0) is 19.5. The summed E-state index contributed by atoms with van der Waals surface area (Å²) in [6.45, 7) is 2.92. The molecule has 1 atom stereocenters. The summed E-state index contributed by atoms with van der Waals surface area (Å²) in [5, 5.41) is 13.0. The van der Waals surface area contributed by atoms with Crippen LogP contribution in [0.15, 0.2) is 53.4 Å². The van der Waals surface area contributed by atoms with Crippen LogP contribution in [0.2, 0.25) is 0 Å². The number of amides is 1. The molecule has 1 amide bonds. The zero-order valence-electron chi connectivity index (χ0n) is 15.8. The van der Waals surface area contributed by atoms with Gasteiger partial charge in [0.15, 0.2) is 0 Å². The van der Waals surface area contributed by atoms with Gasteiger partial charge in [0.05, 0.1) is 12.8 Å². The number of thioether (sulfide) groups is 1. The Morgan fingerprint density at radius 2 is 2.11 bits per heavy atom. The largest absolute Gasteiger partial charge is 0.497 e. The Kier molecular flexibility index (Phi) is 5.29. The Bertz CT molecular complexity index is 990. The van der Waals surface area contributed by atoms with Crippen molar-refractivity contribution in [3.8, 4) is 17.1 Å². The third-order valence-corrected chi connectivity index (χ3v) is 5.84. The molecule has 0 fully saturated rings. The van der Waals surface area contributed by atoms with Crippen LogP contribution in [-0.2, 0) is 11.3 Å². The molecule has 0 bridgehead atoms. The molecule has 1 aromatic heterocycles. The first kappa shape index (κ1) is 18.5. The summed E-state index contributed by atoms with van der Waals surface area (Å²) in [5.74, 6) is 1.14. The maximum absolute atomic E-state index is 13.0. The van der Waals surface area contributed by atoms with E-state index < -0.39 is 0 Å². The fourth-order valence-electron chi connectivity index (χ4n) is 3.14. The minimum atomic E-state index is -0.0447. The van der Waals surface area contributed by atoms with Crippen LogP contribution >= 0.6 is 11.8 Å². The fraction of sp³-hybridized carbons (Fsp3) is 0.300. The number of hydrogen-bond acceptors (Lipinski definition) is 6. The van der Waals surface area contributed by atoms with Crippen LogP contribution in [0, 0.1) is 0 Å². The van der Waals surface area contributed by atoms with Crippen molar-refractivity contribution in [2.75, 3.05) is 18.6 Å². The van der Waals surface area contributed by atoms with E-state index in [4.69, 9.17) is 4.74 Å². The van der Waals surface area contributed by atoms with Crippen molar-refractivity contribution in [2.45, 2.75) is 30.0 Å². The molecule has 144 valence electrons. The number of para-hydroxylation sites is 1. The monoisotopic (exact) mass is 395 g/mol. The van der Waals surface area contributed by atoms with Crippen molar-refractivity contribution in [1.29, 1.82) is 0 Å². The average Bonchev–Trinajstić information content (AvgIpc) is 3.10. The number of rotatable bonds is 4. The number of aromatic nitrogens is 4. The van der Waals surface area contributed by atoms with Gasteiger partial charge in [0, 0.05) is 22.3 Å². The Labute approximate surface area is 167 Å². The van der Waals surface area contributed by atoms with E-state index in [1.165, 1.54) is 4.80 Å². The van der Waals surface area contributed by atoms with E-state index in [1.54, 1.807) is 7.11 Å². The van der Waals surface area contributed by atoms with Crippen LogP contribution in [0.25, 0.3) is 11.4 Å². The molecule has 1 aliphatic rings. The molecule has 0 saturated heterocycles. The number of ether oxygens (including phenoxy) is 1. The van der Waals surface area contributed by atoms with Gasteiger partial charge in [-0.15, -0.1) is 22.0 Å². The molecule has 0 aliphatic carbocycles. The van der Waals surface area contributed by atoms with E-state index in [2.05, 4.69) is 28.4 Å². The second-order valence-corrected chi connectivity index (χ2v) is 8.09. The molecular formula is C20H21N5O2S. The van der Waals surface area contributed by atoms with Crippen LogP contribution in [0.5, 0.6) is 5.75 Å². The maximum Gasteiger partial charge on any atom is 0.250 e. The molecule has 4 rings (SSSR count). The Morgan fingerprint density at radius 1 is 1.25 bits per heavy atom. The highest BCUT2D eigenvalue weighted by atomic mass is 32.2. The third-order valence-electron chi connectivity index (χ3n) is 4.60. The number of carbonyl (C=O) groups is 1. The normalized spacial score (nSPS) is 16.4. The predicted octanol–water partition coefficient (Wildman–Crippen LogP) is 3.27. The number of hydrogen-bond donors (Lipinski definition) is 0. The standard InChI is InChI=1S/C20H21N5O2S/c1-14-10-11-24(17-8-3-4-9-18(17)28-14)19(26)13-25-22-20(21-23-25)15-6-5-7-16(12-15)27-2/h3-9,12,14H,10-11,13H2,1-2H3/t14-/m0/s1. The fourth-order valence-corrected chi connectivity index (χ4v) is 4.25. The smallest absolute Gasteiger partial charge is 0.250 e. The number of nitrogens with zero attached hydrogens (tertiary/aromatic N) is 5. The van der Waals surface area contributed by atoms with Crippen LogP contribution < -0.4 is 9.64 Å². The van der Waals surface area contributed by atoms with E-state index in [-0.39, 0.29) is 12.5 Å². The minimum Gasteiger partial charge on any atom is -0.497 e. The van der Waals surface area contributed by atoms with E-state index >= 15 is 0 Å². The molecule has 7 nitrogen and oxygen atoms in total. The Morgan fingerprint density at radius 3 is 2.96 bits per heavy atom. The maximum atomic E-state index is 13.0. The second kappa shape index (κ2) is 8.02. The highest BCUT2D eigenvalue weighted by Crippen LogP contribution is 2.37. The quantitative estimate of drug-likeness (QED) is 0.675. The van der Waals surface area contributed by atoms with Crippen molar-refractivity contribution in [3.63, 3.8) is 0 Å². The van der Waals surface area contributed by atoms with Crippen molar-refractivity contribution >= 4 is 23.4 Å². The number of tetrazole rings is 1. The SMILES string of the molecule is COc1cccc(-c2nnn(CC(=O)N3CC[C@H](C)Sc4ccccc43)n2)c1. The van der Waals surface area contributed by atoms with E-state index in [1.807, 2.05) is 59.1 Å². The lowest BCUT2D eigenvalue weighted by molar-refractivity contribution is -0.119. The molecule has 2 heterocycles. The highest BCUT2D eigenvalue weighted by molar-refractivity contribution is 8.00. The van der Waals surface area contributed by atoms with E-state index in [0.717, 1.165) is 28.3 Å². The topological polar surface area (TPSA) is 73.1 Å². The van der Waals surface area contributed by atoms with Gasteiger partial charge < -0.3 is 9.64 Å². The van der Waals surface area contributed by atoms with Gasteiger partial charge in [-0.3, -0.25) is 4.79 Å². The van der Waals surface area contributed by atoms with Crippen LogP contribution in [0.3, 0.4) is 0 Å². The average molecular weight is 395 g/mol. The lowest BCUT2D eigenvalue weighted by atomic mass is 10.2. The van der Waals surface area contributed by atoms with Gasteiger partial charge in [-0.25, -0.2) is 0 Å². The Balaban J connectivity index is 1.54. The van der Waals surface area contributed by atoms with Crippen LogP contribution in [-0.4, -0.2) is 45.0 Å². The molecule has 0 unspecified atom stereocenters. The molecule has 8 heteroatoms. The molecule has 0 N–H and O–H groups in total. The van der Waals surface area contributed by atoms with Gasteiger partial charge in [0.2, 0.25) is 5.82 Å². The number of carbonyl (C=O) groups excluding carboxylic acids is 1. The van der Waals surface area contributed by atoms with Crippen molar-refractivity contribution in [3.05, 3.63) is 48.5 Å². The zero-order valence-corrected chi connectivity index (χ0v) is 16.6. The number of anilines is 1. The summed E-state index contributed by atoms with van der Waals surface area (Å²) in [6, 6.07) is 15.5. The molecule has 1 aliphatic heterocycles. The van der Waals surface area contributed by atoms with E-state index in [0.29, 0.717) is 17.6 Å². The summed E-state index contributed by atoms with van der Waals surface area (Å²) in [7, 11) is 1.61. The van der Waals surface area contributed by atoms with Crippen molar-refractivity contribution < 1.29 is 9.53 Å². The lowest BCUT2D eigenvalue weighted by Crippen LogP contribution is -2.35. The summed E-state index contributed by atoms with van der Waals surface area (Å²) in [6.07, 6.45) is 0.935. The third kappa shape index (κ3) is 3.87. The molecule has 2 aromatic carbocycles. The van der Waals surface area contributed by atoms with Gasteiger partial charge in [-0.2, -0.15) is 4.80 Å². The first-order valence-electron chi connectivity index (χ1n) is 9.12. The van der Waals surface area contributed by atoms with Crippen LogP contribution in [0.1, 0.15) is 13.3 Å². The Hall–Kier alpha value is -2.87. The lowest BCUT2D eigenvalue weighted by Gasteiger charge is -2.22. The van der Waals surface area contributed by atoms with Crippen molar-refractivity contribution in [1.82, 2.24) is 20.2 Å². The molecule has 3 aromatic rings. The van der Waals surface area contributed by atoms with Crippen LogP contribution in [0.4, 0.5) is 5.69 Å². The number of methoxy groups -OCH3 is 1. The first-order valence-corrected chi connectivity index (χ1v) is 10.0. The van der Waals surface area contributed by atoms with Crippen molar-refractivity contribution in [2.24, 2.45) is 0 Å². The van der Waals surface area contributed by atoms with Gasteiger partial charge in [0.25, 0.3) is 5.91 Å². The number of fused-ring (bicyclic) bond motifs is 1. The van der Waals surface area contributed by atoms with Gasteiger partial charge in [-0.05, 0) is 35.9 Å². The summed E-state index contributed by atoms with van der Waals surface area (Å²) < 4.78 is 5.24. The molecule has 0 saturated carbocycles.